The minimum absolute atomic E-state index is 0.142. The van der Waals surface area contributed by atoms with E-state index >= 15 is 0 Å². The summed E-state index contributed by atoms with van der Waals surface area (Å²) in [7, 11) is 0. The van der Waals surface area contributed by atoms with E-state index < -0.39 is 61.4 Å². The number of thiophene rings is 1. The minimum atomic E-state index is -1.48. The maximum Gasteiger partial charge on any atom is 0.121 e. The second-order valence-corrected chi connectivity index (χ2v) is 8.56. The molecule has 1 saturated heterocycles. The van der Waals surface area contributed by atoms with Crippen molar-refractivity contribution in [2.75, 3.05) is 13.2 Å². The Bertz CT molecular complexity index is 638. The molecule has 2 heterocycles. The van der Waals surface area contributed by atoms with E-state index in [-0.39, 0.29) is 12.5 Å². The number of hydrogen-bond acceptors (Lipinski definition) is 10. The van der Waals surface area contributed by atoms with Crippen molar-refractivity contribution in [2.45, 2.75) is 67.6 Å². The number of aliphatic hydroxyl groups is 8. The second-order valence-electron chi connectivity index (χ2n) is 7.62. The molecular weight excluding hydrogens is 392 g/mol. The molecule has 0 aromatic carbocycles. The van der Waals surface area contributed by atoms with Crippen molar-refractivity contribution >= 4 is 11.3 Å². The van der Waals surface area contributed by atoms with Gasteiger partial charge in [-0.1, -0.05) is 0 Å². The summed E-state index contributed by atoms with van der Waals surface area (Å²) in [5.74, 6) is -0.853. The van der Waals surface area contributed by atoms with Gasteiger partial charge in [0, 0.05) is 17.4 Å². The highest BCUT2D eigenvalue weighted by Crippen LogP contribution is 2.42. The van der Waals surface area contributed by atoms with Crippen LogP contribution in [-0.2, 0) is 4.74 Å². The Hall–Kier alpha value is -0.660. The van der Waals surface area contributed by atoms with Gasteiger partial charge < -0.3 is 45.6 Å². The van der Waals surface area contributed by atoms with E-state index in [4.69, 9.17) is 4.74 Å². The van der Waals surface area contributed by atoms with Gasteiger partial charge in [-0.15, -0.1) is 11.3 Å². The first kappa shape index (κ1) is 22.0. The van der Waals surface area contributed by atoms with Crippen LogP contribution in [0.25, 0.3) is 0 Å². The minimum Gasteiger partial charge on any atom is -0.396 e. The van der Waals surface area contributed by atoms with Crippen LogP contribution in [0.3, 0.4) is 0 Å². The number of hydrogen-bond donors (Lipinski definition) is 8. The Balaban J connectivity index is 1.81. The molecule has 28 heavy (non-hydrogen) atoms. The van der Waals surface area contributed by atoms with Gasteiger partial charge in [0.05, 0.1) is 18.8 Å². The molecule has 10 atom stereocenters. The lowest BCUT2D eigenvalue weighted by Crippen LogP contribution is -2.55. The van der Waals surface area contributed by atoms with Crippen molar-refractivity contribution in [1.82, 2.24) is 0 Å². The fraction of sp³-hybridized carbons (Fsp3) is 0.778. The van der Waals surface area contributed by atoms with Gasteiger partial charge in [-0.25, -0.2) is 0 Å². The molecule has 1 aliphatic carbocycles. The van der Waals surface area contributed by atoms with Crippen molar-refractivity contribution < 1.29 is 45.6 Å². The van der Waals surface area contributed by atoms with Crippen molar-refractivity contribution in [3.63, 3.8) is 0 Å². The van der Waals surface area contributed by atoms with Crippen LogP contribution >= 0.6 is 11.3 Å². The SMILES string of the molecule is OCC[C@H]1C[C@H](c2csc([C@H]3O[C@H](CO)[C@@H](O)[C@H](O)[C@@H]3O)c2)[C@@H](O)[C@@H](O)[C@@H]1O. The molecule has 1 saturated carbocycles. The molecule has 0 amide bonds. The Morgan fingerprint density at radius 1 is 0.893 bits per heavy atom. The monoisotopic (exact) mass is 420 g/mol. The molecule has 3 rings (SSSR count). The Kier molecular flexibility index (Phi) is 7.09. The molecule has 160 valence electrons. The van der Waals surface area contributed by atoms with Crippen LogP contribution in [-0.4, -0.2) is 96.8 Å². The van der Waals surface area contributed by atoms with Crippen molar-refractivity contribution in [3.05, 3.63) is 21.9 Å². The highest BCUT2D eigenvalue weighted by molar-refractivity contribution is 7.10. The van der Waals surface area contributed by atoms with Crippen LogP contribution in [0.15, 0.2) is 11.4 Å². The van der Waals surface area contributed by atoms with Gasteiger partial charge in [0.15, 0.2) is 0 Å². The molecule has 1 aromatic heterocycles. The molecular formula is C18H28O9S. The van der Waals surface area contributed by atoms with Gasteiger partial charge in [-0.05, 0) is 35.8 Å². The second kappa shape index (κ2) is 9.00. The molecule has 0 spiro atoms. The van der Waals surface area contributed by atoms with Crippen molar-refractivity contribution in [2.24, 2.45) is 5.92 Å². The maximum atomic E-state index is 10.4. The van der Waals surface area contributed by atoms with E-state index in [9.17, 15) is 40.9 Å². The molecule has 1 aromatic rings. The van der Waals surface area contributed by atoms with Crippen LogP contribution in [0.1, 0.15) is 35.3 Å². The highest BCUT2D eigenvalue weighted by atomic mass is 32.1. The summed E-state index contributed by atoms with van der Waals surface area (Å²) in [6.45, 7) is -0.662. The number of rotatable bonds is 5. The maximum absolute atomic E-state index is 10.4. The first-order chi connectivity index (χ1) is 13.3. The Labute approximate surface area is 166 Å². The molecule has 2 fully saturated rings. The fourth-order valence-electron chi connectivity index (χ4n) is 4.16. The largest absolute Gasteiger partial charge is 0.396 e. The molecule has 0 radical (unpaired) electrons. The molecule has 9 nitrogen and oxygen atoms in total. The predicted molar refractivity (Wildman–Crippen MR) is 97.6 cm³/mol. The predicted octanol–water partition coefficient (Wildman–Crippen LogP) is -2.17. The lowest BCUT2D eigenvalue weighted by atomic mass is 9.72. The molecule has 10 heteroatoms. The van der Waals surface area contributed by atoms with Crippen LogP contribution in [0, 0.1) is 5.92 Å². The Morgan fingerprint density at radius 2 is 1.57 bits per heavy atom. The molecule has 2 aliphatic rings. The van der Waals surface area contributed by atoms with Crippen LogP contribution < -0.4 is 0 Å². The first-order valence-corrected chi connectivity index (χ1v) is 10.2. The van der Waals surface area contributed by atoms with Gasteiger partial charge in [0.2, 0.25) is 0 Å². The van der Waals surface area contributed by atoms with Crippen molar-refractivity contribution in [3.8, 4) is 0 Å². The quantitative estimate of drug-likeness (QED) is 0.264. The van der Waals surface area contributed by atoms with Crippen LogP contribution in [0.4, 0.5) is 0 Å². The average molecular weight is 420 g/mol. The summed E-state index contributed by atoms with van der Waals surface area (Å²) in [6.07, 6.45) is -9.28. The fourth-order valence-corrected chi connectivity index (χ4v) is 5.21. The highest BCUT2D eigenvalue weighted by Gasteiger charge is 2.46. The van der Waals surface area contributed by atoms with E-state index in [0.29, 0.717) is 23.3 Å². The molecule has 8 N–H and O–H groups in total. The third-order valence-corrected chi connectivity index (χ3v) is 6.90. The summed E-state index contributed by atoms with van der Waals surface area (Å²) < 4.78 is 5.56. The summed E-state index contributed by atoms with van der Waals surface area (Å²) in [5, 5.41) is 81.1. The van der Waals surface area contributed by atoms with Gasteiger partial charge in [0.1, 0.15) is 36.6 Å². The van der Waals surface area contributed by atoms with Crippen LogP contribution in [0.2, 0.25) is 0 Å². The van der Waals surface area contributed by atoms with Gasteiger partial charge in [-0.2, -0.15) is 0 Å². The van der Waals surface area contributed by atoms with E-state index in [1.807, 2.05) is 0 Å². The van der Waals surface area contributed by atoms with E-state index in [0.717, 1.165) is 0 Å². The summed E-state index contributed by atoms with van der Waals surface area (Å²) in [4.78, 5) is 0.540. The summed E-state index contributed by atoms with van der Waals surface area (Å²) >= 11 is 1.22. The zero-order valence-electron chi connectivity index (χ0n) is 15.2. The normalized spacial score (nSPS) is 44.6. The molecule has 0 bridgehead atoms. The van der Waals surface area contributed by atoms with E-state index in [2.05, 4.69) is 0 Å². The molecule has 1 aliphatic heterocycles. The summed E-state index contributed by atoms with van der Waals surface area (Å²) in [5.41, 5.74) is 0.679. The van der Waals surface area contributed by atoms with Gasteiger partial charge >= 0.3 is 0 Å². The Morgan fingerprint density at radius 3 is 2.21 bits per heavy atom. The first-order valence-electron chi connectivity index (χ1n) is 9.34. The number of ether oxygens (including phenoxy) is 1. The van der Waals surface area contributed by atoms with Gasteiger partial charge in [0.25, 0.3) is 0 Å². The van der Waals surface area contributed by atoms with Gasteiger partial charge in [-0.3, -0.25) is 0 Å². The number of aliphatic hydroxyl groups excluding tert-OH is 8. The van der Waals surface area contributed by atoms with Crippen LogP contribution in [0.5, 0.6) is 0 Å². The van der Waals surface area contributed by atoms with E-state index in [1.165, 1.54) is 11.3 Å². The van der Waals surface area contributed by atoms with E-state index in [1.54, 1.807) is 11.4 Å². The lowest BCUT2D eigenvalue weighted by Gasteiger charge is -2.40. The third-order valence-electron chi connectivity index (χ3n) is 5.89. The lowest BCUT2D eigenvalue weighted by molar-refractivity contribution is -0.230. The zero-order chi connectivity index (χ0) is 20.6. The standard InChI is InChI=1S/C18H28O9S/c19-2-1-7-3-9(13(22)15(24)12(7)21)8-4-11(28-6-8)18-17(26)16(25)14(23)10(5-20)27-18/h4,6-7,9-10,12-26H,1-3,5H2/t7-,9+,10+,12+,13+,14+,15-,16-,17-,18+/m0/s1. The third kappa shape index (κ3) is 3.99. The molecule has 0 unspecified atom stereocenters. The summed E-state index contributed by atoms with van der Waals surface area (Å²) in [6, 6.07) is 1.69. The zero-order valence-corrected chi connectivity index (χ0v) is 16.0. The van der Waals surface area contributed by atoms with Crippen molar-refractivity contribution in [1.29, 1.82) is 0 Å². The topological polar surface area (TPSA) is 171 Å². The average Bonchev–Trinajstić information content (AvgIpc) is 3.16. The smallest absolute Gasteiger partial charge is 0.121 e.